The number of aromatic nitrogens is 1. The molecule has 7 nitrogen and oxygen atoms in total. The molecule has 2 heterocycles. The third-order valence-corrected chi connectivity index (χ3v) is 5.34. The molecule has 0 radical (unpaired) electrons. The minimum Gasteiger partial charge on any atom is -0.357 e. The molecule has 1 fully saturated rings. The zero-order valence-electron chi connectivity index (χ0n) is 13.8. The molecule has 0 unspecified atom stereocenters. The summed E-state index contributed by atoms with van der Waals surface area (Å²) in [6.45, 7) is 1.81. The third kappa shape index (κ3) is 3.74. The van der Waals surface area contributed by atoms with Crippen molar-refractivity contribution in [2.24, 2.45) is 0 Å². The van der Waals surface area contributed by atoms with Crippen LogP contribution in [-0.4, -0.2) is 67.5 Å². The van der Waals surface area contributed by atoms with E-state index in [1.54, 1.807) is 28.1 Å². The lowest BCUT2D eigenvalue weighted by atomic mass is 10.2. The Hall–Kier alpha value is -2.61. The second kappa shape index (κ2) is 6.72. The summed E-state index contributed by atoms with van der Waals surface area (Å²) in [5.74, 6) is -0.235. The lowest BCUT2D eigenvalue weighted by molar-refractivity contribution is 0.0532. The minimum absolute atomic E-state index is 0.0744. The predicted molar refractivity (Wildman–Crippen MR) is 92.2 cm³/mol. The first-order chi connectivity index (χ1) is 11.9. The Morgan fingerprint density at radius 3 is 1.96 bits per heavy atom. The number of carbonyl (C=O) groups is 2. The van der Waals surface area contributed by atoms with Gasteiger partial charge in [-0.15, -0.1) is 0 Å². The van der Waals surface area contributed by atoms with Crippen LogP contribution >= 0.6 is 0 Å². The molecule has 2 aromatic rings. The van der Waals surface area contributed by atoms with Crippen molar-refractivity contribution in [2.75, 3.05) is 32.4 Å². The lowest BCUT2D eigenvalue weighted by Crippen LogP contribution is -2.50. The summed E-state index contributed by atoms with van der Waals surface area (Å²) in [6.07, 6.45) is 2.83. The van der Waals surface area contributed by atoms with Crippen molar-refractivity contribution in [3.05, 3.63) is 53.9 Å². The summed E-state index contributed by atoms with van der Waals surface area (Å²) in [5, 5.41) is 0. The highest BCUT2D eigenvalue weighted by molar-refractivity contribution is 7.90. The average Bonchev–Trinajstić information content (AvgIpc) is 3.14. The van der Waals surface area contributed by atoms with Gasteiger partial charge in [0.25, 0.3) is 11.8 Å². The Balaban J connectivity index is 1.63. The van der Waals surface area contributed by atoms with Gasteiger partial charge in [0.2, 0.25) is 0 Å². The van der Waals surface area contributed by atoms with Gasteiger partial charge < -0.3 is 14.8 Å². The summed E-state index contributed by atoms with van der Waals surface area (Å²) < 4.78 is 23.0. The Morgan fingerprint density at radius 1 is 0.920 bits per heavy atom. The first-order valence-corrected chi connectivity index (χ1v) is 9.77. The summed E-state index contributed by atoms with van der Waals surface area (Å²) in [7, 11) is -3.28. The highest BCUT2D eigenvalue weighted by Gasteiger charge is 2.26. The number of nitrogens with one attached hydrogen (secondary N) is 1. The van der Waals surface area contributed by atoms with Gasteiger partial charge in [0.1, 0.15) is 5.69 Å². The van der Waals surface area contributed by atoms with Crippen molar-refractivity contribution in [2.45, 2.75) is 4.90 Å². The van der Waals surface area contributed by atoms with E-state index in [1.807, 2.05) is 0 Å². The molecule has 1 aromatic heterocycles. The Bertz CT molecular complexity index is 865. The topological polar surface area (TPSA) is 90.6 Å². The van der Waals surface area contributed by atoms with Gasteiger partial charge in [-0.05, 0) is 36.4 Å². The van der Waals surface area contributed by atoms with E-state index in [-0.39, 0.29) is 16.7 Å². The lowest BCUT2D eigenvalue weighted by Gasteiger charge is -2.34. The van der Waals surface area contributed by atoms with Gasteiger partial charge in [0.15, 0.2) is 9.84 Å². The molecule has 3 rings (SSSR count). The molecule has 25 heavy (non-hydrogen) atoms. The van der Waals surface area contributed by atoms with Gasteiger partial charge in [-0.3, -0.25) is 9.59 Å². The highest BCUT2D eigenvalue weighted by Crippen LogP contribution is 2.14. The standard InChI is InChI=1S/C17H19N3O4S/c1-25(23,24)14-6-4-13(5-7-14)16(21)19-9-11-20(12-10-19)17(22)15-3-2-8-18-15/h2-8,18H,9-12H2,1H3. The molecule has 1 N–H and O–H groups in total. The van der Waals surface area contributed by atoms with Crippen molar-refractivity contribution < 1.29 is 18.0 Å². The van der Waals surface area contributed by atoms with Crippen LogP contribution < -0.4 is 0 Å². The molecule has 0 spiro atoms. The van der Waals surface area contributed by atoms with E-state index >= 15 is 0 Å². The average molecular weight is 361 g/mol. The van der Waals surface area contributed by atoms with Crippen molar-refractivity contribution in [3.8, 4) is 0 Å². The molecule has 132 valence electrons. The van der Waals surface area contributed by atoms with Crippen LogP contribution in [0.5, 0.6) is 0 Å². The van der Waals surface area contributed by atoms with E-state index in [9.17, 15) is 18.0 Å². The molecule has 1 aromatic carbocycles. The first kappa shape index (κ1) is 17.2. The van der Waals surface area contributed by atoms with Crippen LogP contribution in [-0.2, 0) is 9.84 Å². The highest BCUT2D eigenvalue weighted by atomic mass is 32.2. The summed E-state index contributed by atoms with van der Waals surface area (Å²) >= 11 is 0. The maximum absolute atomic E-state index is 12.5. The zero-order valence-corrected chi connectivity index (χ0v) is 14.6. The quantitative estimate of drug-likeness (QED) is 0.884. The summed E-state index contributed by atoms with van der Waals surface area (Å²) in [5.41, 5.74) is 0.979. The molecule has 0 atom stereocenters. The largest absolute Gasteiger partial charge is 0.357 e. The van der Waals surface area contributed by atoms with Crippen LogP contribution in [0.2, 0.25) is 0 Å². The fourth-order valence-corrected chi connectivity index (χ4v) is 3.40. The number of benzene rings is 1. The van der Waals surface area contributed by atoms with Crippen molar-refractivity contribution in [3.63, 3.8) is 0 Å². The van der Waals surface area contributed by atoms with Crippen molar-refractivity contribution in [1.29, 1.82) is 0 Å². The molecule has 1 saturated heterocycles. The number of hydrogen-bond donors (Lipinski definition) is 1. The number of rotatable bonds is 3. The maximum atomic E-state index is 12.5. The Kier molecular flexibility index (Phi) is 4.63. The Morgan fingerprint density at radius 2 is 1.48 bits per heavy atom. The number of aromatic amines is 1. The van der Waals surface area contributed by atoms with Crippen LogP contribution in [0.3, 0.4) is 0 Å². The monoisotopic (exact) mass is 361 g/mol. The van der Waals surface area contributed by atoms with Crippen molar-refractivity contribution >= 4 is 21.7 Å². The van der Waals surface area contributed by atoms with E-state index < -0.39 is 9.84 Å². The number of piperazine rings is 1. The SMILES string of the molecule is CS(=O)(=O)c1ccc(C(=O)N2CCN(C(=O)c3ccc[nH]3)CC2)cc1. The zero-order chi connectivity index (χ0) is 18.0. The molecular formula is C17H19N3O4S. The smallest absolute Gasteiger partial charge is 0.270 e. The van der Waals surface area contributed by atoms with E-state index in [1.165, 1.54) is 24.3 Å². The predicted octanol–water partition coefficient (Wildman–Crippen LogP) is 1.02. The van der Waals surface area contributed by atoms with Crippen LogP contribution in [0, 0.1) is 0 Å². The van der Waals surface area contributed by atoms with Gasteiger partial charge >= 0.3 is 0 Å². The van der Waals surface area contributed by atoms with E-state index in [2.05, 4.69) is 4.98 Å². The molecule has 1 aliphatic heterocycles. The fourth-order valence-electron chi connectivity index (χ4n) is 2.77. The fraction of sp³-hybridized carbons (Fsp3) is 0.294. The maximum Gasteiger partial charge on any atom is 0.270 e. The third-order valence-electron chi connectivity index (χ3n) is 4.21. The van der Waals surface area contributed by atoms with Gasteiger partial charge in [0, 0.05) is 44.2 Å². The first-order valence-electron chi connectivity index (χ1n) is 7.88. The second-order valence-corrected chi connectivity index (χ2v) is 7.98. The van der Waals surface area contributed by atoms with Gasteiger partial charge in [-0.2, -0.15) is 0 Å². The molecule has 0 bridgehead atoms. The number of nitrogens with zero attached hydrogens (tertiary/aromatic N) is 2. The summed E-state index contributed by atoms with van der Waals surface area (Å²) in [6, 6.07) is 9.42. The molecule has 1 aliphatic rings. The number of H-pyrrole nitrogens is 1. The van der Waals surface area contributed by atoms with Crippen molar-refractivity contribution in [1.82, 2.24) is 14.8 Å². The molecule has 2 amide bonds. The normalized spacial score (nSPS) is 15.2. The Labute approximate surface area is 146 Å². The van der Waals surface area contributed by atoms with Gasteiger partial charge in [-0.25, -0.2) is 8.42 Å². The van der Waals surface area contributed by atoms with E-state index in [0.29, 0.717) is 37.4 Å². The number of amides is 2. The van der Waals surface area contributed by atoms with Gasteiger partial charge in [-0.1, -0.05) is 0 Å². The number of carbonyl (C=O) groups excluding carboxylic acids is 2. The van der Waals surface area contributed by atoms with Crippen LogP contribution in [0.15, 0.2) is 47.5 Å². The second-order valence-electron chi connectivity index (χ2n) is 5.96. The molecule has 0 saturated carbocycles. The van der Waals surface area contributed by atoms with E-state index in [4.69, 9.17) is 0 Å². The molecule has 0 aliphatic carbocycles. The van der Waals surface area contributed by atoms with Gasteiger partial charge in [0.05, 0.1) is 4.90 Å². The van der Waals surface area contributed by atoms with Crippen LogP contribution in [0.25, 0.3) is 0 Å². The summed E-state index contributed by atoms with van der Waals surface area (Å²) in [4.78, 5) is 31.3. The van der Waals surface area contributed by atoms with Crippen LogP contribution in [0.1, 0.15) is 20.8 Å². The van der Waals surface area contributed by atoms with Crippen LogP contribution in [0.4, 0.5) is 0 Å². The minimum atomic E-state index is -3.28. The van der Waals surface area contributed by atoms with E-state index in [0.717, 1.165) is 6.26 Å². The number of hydrogen-bond acceptors (Lipinski definition) is 4. The molecule has 8 heteroatoms. The number of sulfone groups is 1. The molecular weight excluding hydrogens is 342 g/mol.